The molecule has 7 nitrogen and oxygen atoms in total. The fraction of sp³-hybridized carbons (Fsp3) is 0.400. The predicted octanol–water partition coefficient (Wildman–Crippen LogP) is 3.04. The molecule has 2 atom stereocenters. The lowest BCUT2D eigenvalue weighted by Gasteiger charge is -2.32. The normalized spacial score (nSPS) is 18.9. The van der Waals surface area contributed by atoms with E-state index in [1.54, 1.807) is 38.1 Å². The van der Waals surface area contributed by atoms with E-state index >= 15 is 0 Å². The number of carbonyl (C=O) groups excluding carboxylic acids is 2. The van der Waals surface area contributed by atoms with Crippen LogP contribution in [0.5, 0.6) is 0 Å². The number of hydrogen-bond acceptors (Lipinski definition) is 7. The highest BCUT2D eigenvalue weighted by molar-refractivity contribution is 6.31. The lowest BCUT2D eigenvalue weighted by molar-refractivity contribution is -0.144. The van der Waals surface area contributed by atoms with Gasteiger partial charge in [0.1, 0.15) is 12.5 Å². The van der Waals surface area contributed by atoms with Gasteiger partial charge in [0.25, 0.3) is 0 Å². The van der Waals surface area contributed by atoms with Crippen molar-refractivity contribution in [2.24, 2.45) is 10.9 Å². The maximum Gasteiger partial charge on any atom is 0.336 e. The predicted molar refractivity (Wildman–Crippen MR) is 103 cm³/mol. The molecule has 0 aliphatic carbocycles. The number of methoxy groups -OCH3 is 1. The largest absolute Gasteiger partial charge is 0.468 e. The standard InChI is InChI=1S/C20H21ClN2O5/c1-4-28-20(25)18-15(11-27-10-9-22)23-12(2)16(19(24)26-3)17(18)13-7-5-6-8-14(13)21/h5-8,16-17H,4,10-11H2,1-3H3. The molecule has 1 aliphatic rings. The second-order valence-corrected chi connectivity index (χ2v) is 6.39. The Balaban J connectivity index is 2.69. The van der Waals surface area contributed by atoms with E-state index < -0.39 is 23.8 Å². The fourth-order valence-electron chi connectivity index (χ4n) is 3.18. The summed E-state index contributed by atoms with van der Waals surface area (Å²) in [5, 5.41) is 9.12. The number of aliphatic imine (C=N–C) groups is 1. The van der Waals surface area contributed by atoms with Crippen molar-refractivity contribution >= 4 is 29.3 Å². The lowest BCUT2D eigenvalue weighted by Crippen LogP contribution is -2.37. The molecule has 2 unspecified atom stereocenters. The molecule has 0 aromatic heterocycles. The van der Waals surface area contributed by atoms with Crippen LogP contribution in [0.15, 0.2) is 40.5 Å². The molecule has 1 heterocycles. The van der Waals surface area contributed by atoms with Gasteiger partial charge in [-0.1, -0.05) is 29.8 Å². The molecule has 0 saturated carbocycles. The molecule has 1 aliphatic heterocycles. The minimum absolute atomic E-state index is 0.0755. The molecule has 8 heteroatoms. The van der Waals surface area contributed by atoms with Crippen LogP contribution in [0.25, 0.3) is 0 Å². The number of nitrogens with zero attached hydrogens (tertiary/aromatic N) is 2. The summed E-state index contributed by atoms with van der Waals surface area (Å²) in [5.74, 6) is -2.75. The first-order valence-corrected chi connectivity index (χ1v) is 9.06. The third-order valence-corrected chi connectivity index (χ3v) is 4.66. The maximum absolute atomic E-state index is 12.8. The Morgan fingerprint density at radius 3 is 2.64 bits per heavy atom. The Labute approximate surface area is 168 Å². The lowest BCUT2D eigenvalue weighted by atomic mass is 9.75. The monoisotopic (exact) mass is 404 g/mol. The van der Waals surface area contributed by atoms with Gasteiger partial charge in [0, 0.05) is 16.7 Å². The Bertz CT molecular complexity index is 856. The summed E-state index contributed by atoms with van der Waals surface area (Å²) in [4.78, 5) is 29.8. The van der Waals surface area contributed by atoms with E-state index in [1.165, 1.54) is 7.11 Å². The van der Waals surface area contributed by atoms with Crippen molar-refractivity contribution < 1.29 is 23.8 Å². The van der Waals surface area contributed by atoms with Crippen LogP contribution in [-0.4, -0.2) is 44.6 Å². The highest BCUT2D eigenvalue weighted by Crippen LogP contribution is 2.42. The van der Waals surface area contributed by atoms with Crippen LogP contribution in [-0.2, 0) is 23.8 Å². The highest BCUT2D eigenvalue weighted by atomic mass is 35.5. The minimum atomic E-state index is -0.843. The van der Waals surface area contributed by atoms with Crippen molar-refractivity contribution in [2.75, 3.05) is 26.9 Å². The molecule has 0 bridgehead atoms. The molecule has 28 heavy (non-hydrogen) atoms. The summed E-state index contributed by atoms with van der Waals surface area (Å²) in [5.41, 5.74) is 1.51. The summed E-state index contributed by atoms with van der Waals surface area (Å²) in [6.07, 6.45) is 0. The molecule has 0 radical (unpaired) electrons. The number of ether oxygens (including phenoxy) is 3. The number of halogens is 1. The van der Waals surface area contributed by atoms with Gasteiger partial charge in [-0.15, -0.1) is 0 Å². The first-order chi connectivity index (χ1) is 13.5. The minimum Gasteiger partial charge on any atom is -0.468 e. The number of esters is 2. The molecular weight excluding hydrogens is 384 g/mol. The third-order valence-electron chi connectivity index (χ3n) is 4.31. The van der Waals surface area contributed by atoms with Crippen molar-refractivity contribution in [1.82, 2.24) is 0 Å². The Kier molecular flexibility index (Phi) is 7.73. The number of rotatable bonds is 7. The first kappa shape index (κ1) is 21.6. The Morgan fingerprint density at radius 1 is 1.32 bits per heavy atom. The van der Waals surface area contributed by atoms with E-state index in [0.29, 0.717) is 22.0 Å². The van der Waals surface area contributed by atoms with Gasteiger partial charge < -0.3 is 14.2 Å². The molecule has 0 amide bonds. The summed E-state index contributed by atoms with van der Waals surface area (Å²) in [7, 11) is 1.28. The van der Waals surface area contributed by atoms with Gasteiger partial charge in [-0.3, -0.25) is 9.79 Å². The van der Waals surface area contributed by atoms with Crippen LogP contribution >= 0.6 is 11.6 Å². The molecule has 2 rings (SSSR count). The van der Waals surface area contributed by atoms with Crippen molar-refractivity contribution in [3.8, 4) is 6.07 Å². The van der Waals surface area contributed by atoms with E-state index in [-0.39, 0.29) is 25.4 Å². The topological polar surface area (TPSA) is 98.0 Å². The van der Waals surface area contributed by atoms with Crippen LogP contribution in [0.4, 0.5) is 0 Å². The fourth-order valence-corrected chi connectivity index (χ4v) is 3.44. The average Bonchev–Trinajstić information content (AvgIpc) is 2.67. The van der Waals surface area contributed by atoms with Crippen molar-refractivity contribution in [2.45, 2.75) is 19.8 Å². The smallest absolute Gasteiger partial charge is 0.336 e. The highest BCUT2D eigenvalue weighted by Gasteiger charge is 2.43. The van der Waals surface area contributed by atoms with E-state index in [4.69, 9.17) is 31.1 Å². The second kappa shape index (κ2) is 10.0. The second-order valence-electron chi connectivity index (χ2n) is 5.98. The molecule has 0 saturated heterocycles. The van der Waals surface area contributed by atoms with Crippen molar-refractivity contribution in [3.05, 3.63) is 46.1 Å². The molecule has 0 spiro atoms. The van der Waals surface area contributed by atoms with E-state index in [0.717, 1.165) is 0 Å². The SMILES string of the molecule is CCOC(=O)C1=C(COCC#N)N=C(C)C(C(=O)OC)C1c1ccccc1Cl. The Morgan fingerprint density at radius 2 is 2.04 bits per heavy atom. The summed E-state index contributed by atoms with van der Waals surface area (Å²) < 4.78 is 15.5. The van der Waals surface area contributed by atoms with Crippen LogP contribution in [0.2, 0.25) is 5.02 Å². The van der Waals surface area contributed by atoms with Gasteiger partial charge in [0.05, 0.1) is 37.7 Å². The van der Waals surface area contributed by atoms with E-state index in [2.05, 4.69) is 4.99 Å². The van der Waals surface area contributed by atoms with Gasteiger partial charge in [-0.05, 0) is 25.5 Å². The molecule has 0 fully saturated rings. The Hall–Kier alpha value is -2.69. The van der Waals surface area contributed by atoms with Gasteiger partial charge in [0.15, 0.2) is 0 Å². The van der Waals surface area contributed by atoms with Gasteiger partial charge >= 0.3 is 11.9 Å². The first-order valence-electron chi connectivity index (χ1n) is 8.68. The third kappa shape index (κ3) is 4.58. The zero-order chi connectivity index (χ0) is 20.7. The van der Waals surface area contributed by atoms with E-state index in [9.17, 15) is 9.59 Å². The van der Waals surface area contributed by atoms with Gasteiger partial charge in [0.2, 0.25) is 0 Å². The van der Waals surface area contributed by atoms with Crippen LogP contribution < -0.4 is 0 Å². The molecule has 0 N–H and O–H groups in total. The number of hydrogen-bond donors (Lipinski definition) is 0. The zero-order valence-corrected chi connectivity index (χ0v) is 16.7. The van der Waals surface area contributed by atoms with Crippen LogP contribution in [0, 0.1) is 17.2 Å². The number of carbonyl (C=O) groups is 2. The van der Waals surface area contributed by atoms with Crippen molar-refractivity contribution in [1.29, 1.82) is 5.26 Å². The summed E-state index contributed by atoms with van der Waals surface area (Å²) in [6.45, 7) is 3.27. The van der Waals surface area contributed by atoms with Crippen LogP contribution in [0.1, 0.15) is 25.3 Å². The summed E-state index contributed by atoms with van der Waals surface area (Å²) >= 11 is 6.40. The van der Waals surface area contributed by atoms with E-state index in [1.807, 2.05) is 6.07 Å². The average molecular weight is 405 g/mol. The van der Waals surface area contributed by atoms with Crippen molar-refractivity contribution in [3.63, 3.8) is 0 Å². The molecular formula is C20H21ClN2O5. The zero-order valence-electron chi connectivity index (χ0n) is 15.9. The molecule has 148 valence electrons. The van der Waals surface area contributed by atoms with Gasteiger partial charge in [-0.25, -0.2) is 4.79 Å². The molecule has 1 aromatic rings. The molecule has 1 aromatic carbocycles. The quantitative estimate of drug-likeness (QED) is 0.511. The maximum atomic E-state index is 12.8. The summed E-state index contributed by atoms with van der Waals surface area (Å²) in [6, 6.07) is 8.82. The number of benzene rings is 1. The number of nitriles is 1. The van der Waals surface area contributed by atoms with Gasteiger partial charge in [-0.2, -0.15) is 5.26 Å². The van der Waals surface area contributed by atoms with Crippen LogP contribution in [0.3, 0.4) is 0 Å².